The van der Waals surface area contributed by atoms with Crippen molar-refractivity contribution in [3.05, 3.63) is 70.7 Å². The summed E-state index contributed by atoms with van der Waals surface area (Å²) in [7, 11) is -3.88. The number of halogens is 2. The van der Waals surface area contributed by atoms with Crippen molar-refractivity contribution >= 4 is 55.6 Å². The van der Waals surface area contributed by atoms with Crippen LogP contribution in [0.25, 0.3) is 10.8 Å². The first-order chi connectivity index (χ1) is 12.8. The van der Waals surface area contributed by atoms with Gasteiger partial charge < -0.3 is 5.32 Å². The van der Waals surface area contributed by atoms with Gasteiger partial charge >= 0.3 is 0 Å². The van der Waals surface area contributed by atoms with Gasteiger partial charge in [-0.2, -0.15) is 4.72 Å². The van der Waals surface area contributed by atoms with Crippen molar-refractivity contribution < 1.29 is 13.2 Å². The molecule has 1 amide bonds. The molecule has 0 saturated carbocycles. The molecule has 2 N–H and O–H groups in total. The molecule has 5 nitrogen and oxygen atoms in total. The number of amides is 1. The topological polar surface area (TPSA) is 75.3 Å². The van der Waals surface area contributed by atoms with E-state index in [4.69, 9.17) is 23.2 Å². The number of rotatable bonds is 5. The van der Waals surface area contributed by atoms with E-state index in [2.05, 4.69) is 10.0 Å². The third-order valence-corrected chi connectivity index (χ3v) is 6.05. The molecule has 0 spiro atoms. The van der Waals surface area contributed by atoms with Crippen LogP contribution in [0.5, 0.6) is 0 Å². The number of hydrogen-bond acceptors (Lipinski definition) is 3. The van der Waals surface area contributed by atoms with E-state index in [1.165, 1.54) is 19.1 Å². The summed E-state index contributed by atoms with van der Waals surface area (Å²) in [4.78, 5) is 12.4. The second-order valence-corrected chi connectivity index (χ2v) is 8.52. The molecule has 0 unspecified atom stereocenters. The molecule has 1 atom stereocenters. The minimum Gasteiger partial charge on any atom is -0.323 e. The summed E-state index contributed by atoms with van der Waals surface area (Å²) < 4.78 is 27.6. The Bertz CT molecular complexity index is 1120. The molecule has 0 aliphatic rings. The van der Waals surface area contributed by atoms with Gasteiger partial charge in [0.2, 0.25) is 15.9 Å². The van der Waals surface area contributed by atoms with Crippen molar-refractivity contribution in [3.8, 4) is 0 Å². The van der Waals surface area contributed by atoms with E-state index in [1.807, 2.05) is 24.3 Å². The number of fused-ring (bicyclic) bond motifs is 1. The minimum absolute atomic E-state index is 0.0848. The smallest absolute Gasteiger partial charge is 0.242 e. The van der Waals surface area contributed by atoms with Gasteiger partial charge in [0.1, 0.15) is 0 Å². The normalized spacial score (nSPS) is 12.7. The van der Waals surface area contributed by atoms with Crippen LogP contribution in [0.15, 0.2) is 65.6 Å². The summed E-state index contributed by atoms with van der Waals surface area (Å²) in [5.74, 6) is -0.552. The Balaban J connectivity index is 1.77. The highest BCUT2D eigenvalue weighted by atomic mass is 35.5. The number of nitrogens with one attached hydrogen (secondary N) is 2. The molecule has 0 aromatic heterocycles. The van der Waals surface area contributed by atoms with Gasteiger partial charge in [-0.1, -0.05) is 53.5 Å². The van der Waals surface area contributed by atoms with Gasteiger partial charge in [0.05, 0.1) is 21.6 Å². The van der Waals surface area contributed by atoms with Gasteiger partial charge in [0, 0.05) is 5.02 Å². The first-order valence-corrected chi connectivity index (χ1v) is 10.3. The molecule has 0 radical (unpaired) electrons. The van der Waals surface area contributed by atoms with E-state index in [0.29, 0.717) is 15.7 Å². The summed E-state index contributed by atoms with van der Waals surface area (Å²) >= 11 is 11.9. The lowest BCUT2D eigenvalue weighted by atomic mass is 10.1. The first-order valence-electron chi connectivity index (χ1n) is 8.03. The molecule has 0 fully saturated rings. The zero-order valence-electron chi connectivity index (χ0n) is 14.2. The standard InChI is InChI=1S/C19H16Cl2N2O3S/c1-12(19(24)22-18-11-15(20)7-9-17(18)21)23-27(25,26)16-8-6-13-4-2-3-5-14(13)10-16/h2-12,23H,1H3,(H,22,24)/t12-/m0/s1. The molecule has 3 aromatic rings. The van der Waals surface area contributed by atoms with Crippen LogP contribution in [-0.4, -0.2) is 20.4 Å². The van der Waals surface area contributed by atoms with Crippen LogP contribution in [0, 0.1) is 0 Å². The third-order valence-electron chi connectivity index (χ3n) is 3.94. The second kappa shape index (κ2) is 7.86. The Hall–Kier alpha value is -2.12. The fraction of sp³-hybridized carbons (Fsp3) is 0.105. The van der Waals surface area contributed by atoms with E-state index in [-0.39, 0.29) is 4.90 Å². The highest BCUT2D eigenvalue weighted by Crippen LogP contribution is 2.25. The Morgan fingerprint density at radius 1 is 0.963 bits per heavy atom. The number of anilines is 1. The maximum Gasteiger partial charge on any atom is 0.242 e. The third kappa shape index (κ3) is 4.59. The highest BCUT2D eigenvalue weighted by Gasteiger charge is 2.23. The van der Waals surface area contributed by atoms with Gasteiger partial charge in [-0.3, -0.25) is 4.79 Å². The Morgan fingerprint density at radius 2 is 1.67 bits per heavy atom. The van der Waals surface area contributed by atoms with Crippen molar-refractivity contribution in [1.82, 2.24) is 4.72 Å². The van der Waals surface area contributed by atoms with Crippen molar-refractivity contribution in [3.63, 3.8) is 0 Å². The number of benzene rings is 3. The van der Waals surface area contributed by atoms with Crippen molar-refractivity contribution in [2.24, 2.45) is 0 Å². The van der Waals surface area contributed by atoms with E-state index < -0.39 is 22.0 Å². The Labute approximate surface area is 167 Å². The maximum absolute atomic E-state index is 12.6. The van der Waals surface area contributed by atoms with E-state index >= 15 is 0 Å². The Kier molecular flexibility index (Phi) is 5.72. The summed E-state index contributed by atoms with van der Waals surface area (Å²) in [6.07, 6.45) is 0. The monoisotopic (exact) mass is 422 g/mol. The number of hydrogen-bond donors (Lipinski definition) is 2. The fourth-order valence-electron chi connectivity index (χ4n) is 2.52. The van der Waals surface area contributed by atoms with Crippen molar-refractivity contribution in [1.29, 1.82) is 0 Å². The summed E-state index contributed by atoms with van der Waals surface area (Å²) in [6.45, 7) is 1.45. The zero-order chi connectivity index (χ0) is 19.6. The largest absolute Gasteiger partial charge is 0.323 e. The van der Waals surface area contributed by atoms with Gasteiger partial charge in [0.25, 0.3) is 0 Å². The van der Waals surface area contributed by atoms with Gasteiger partial charge in [-0.25, -0.2) is 8.42 Å². The molecule has 0 saturated heterocycles. The molecule has 0 heterocycles. The van der Waals surface area contributed by atoms with Gasteiger partial charge in [0.15, 0.2) is 0 Å². The van der Waals surface area contributed by atoms with Crippen LogP contribution in [-0.2, 0) is 14.8 Å². The summed E-state index contributed by atoms with van der Waals surface area (Å²) in [5.41, 5.74) is 0.311. The second-order valence-electron chi connectivity index (χ2n) is 5.97. The van der Waals surface area contributed by atoms with E-state index in [9.17, 15) is 13.2 Å². The number of carbonyl (C=O) groups is 1. The summed E-state index contributed by atoms with van der Waals surface area (Å²) in [5, 5.41) is 5.00. The predicted molar refractivity (Wildman–Crippen MR) is 109 cm³/mol. The molecule has 8 heteroatoms. The molecule has 0 aliphatic carbocycles. The van der Waals surface area contributed by atoms with Crippen LogP contribution in [0.4, 0.5) is 5.69 Å². The predicted octanol–water partition coefficient (Wildman–Crippen LogP) is 4.45. The molecular weight excluding hydrogens is 407 g/mol. The van der Waals surface area contributed by atoms with Crippen molar-refractivity contribution in [2.75, 3.05) is 5.32 Å². The zero-order valence-corrected chi connectivity index (χ0v) is 16.6. The van der Waals surface area contributed by atoms with Crippen LogP contribution < -0.4 is 10.0 Å². The SMILES string of the molecule is C[C@H](NS(=O)(=O)c1ccc2ccccc2c1)C(=O)Nc1cc(Cl)ccc1Cl. The maximum atomic E-state index is 12.6. The van der Waals surface area contributed by atoms with E-state index in [0.717, 1.165) is 10.8 Å². The molecule has 140 valence electrons. The van der Waals surface area contributed by atoms with Crippen LogP contribution in [0.2, 0.25) is 10.0 Å². The van der Waals surface area contributed by atoms with E-state index in [1.54, 1.807) is 24.3 Å². The molecule has 3 aromatic carbocycles. The average Bonchev–Trinajstić information content (AvgIpc) is 2.64. The molecule has 27 heavy (non-hydrogen) atoms. The molecule has 0 aliphatic heterocycles. The highest BCUT2D eigenvalue weighted by molar-refractivity contribution is 7.89. The minimum atomic E-state index is -3.88. The molecular formula is C19H16Cl2N2O3S. The van der Waals surface area contributed by atoms with Crippen LogP contribution >= 0.6 is 23.2 Å². The molecule has 3 rings (SSSR count). The van der Waals surface area contributed by atoms with Gasteiger partial charge in [-0.15, -0.1) is 0 Å². The molecule has 0 bridgehead atoms. The lowest BCUT2D eigenvalue weighted by Crippen LogP contribution is -2.41. The fourth-order valence-corrected chi connectivity index (χ4v) is 4.10. The average molecular weight is 423 g/mol. The number of sulfonamides is 1. The Morgan fingerprint density at radius 3 is 2.41 bits per heavy atom. The van der Waals surface area contributed by atoms with Crippen LogP contribution in [0.1, 0.15) is 6.92 Å². The van der Waals surface area contributed by atoms with Crippen LogP contribution in [0.3, 0.4) is 0 Å². The van der Waals surface area contributed by atoms with Crippen molar-refractivity contribution in [2.45, 2.75) is 17.9 Å². The summed E-state index contributed by atoms with van der Waals surface area (Å²) in [6, 6.07) is 15.8. The lowest BCUT2D eigenvalue weighted by Gasteiger charge is -2.15. The quantitative estimate of drug-likeness (QED) is 0.637. The lowest BCUT2D eigenvalue weighted by molar-refractivity contribution is -0.117. The number of carbonyl (C=O) groups excluding carboxylic acids is 1. The van der Waals surface area contributed by atoms with Gasteiger partial charge in [-0.05, 0) is 48.0 Å². The first kappa shape index (κ1) is 19.6.